The van der Waals surface area contributed by atoms with E-state index < -0.39 is 0 Å². The van der Waals surface area contributed by atoms with Crippen LogP contribution in [-0.4, -0.2) is 25.1 Å². The molecule has 0 amide bonds. The van der Waals surface area contributed by atoms with Gasteiger partial charge in [0.25, 0.3) is 0 Å². The number of nitrogens with one attached hydrogen (secondary N) is 1. The fourth-order valence-corrected chi connectivity index (χ4v) is 3.94. The summed E-state index contributed by atoms with van der Waals surface area (Å²) in [5, 5.41) is 3.44. The van der Waals surface area contributed by atoms with Gasteiger partial charge < -0.3 is 16.0 Å². The van der Waals surface area contributed by atoms with E-state index in [9.17, 15) is 0 Å². The van der Waals surface area contributed by atoms with E-state index >= 15 is 0 Å². The van der Waals surface area contributed by atoms with Crippen molar-refractivity contribution in [3.05, 3.63) is 29.8 Å². The molecule has 3 rings (SSSR count). The van der Waals surface area contributed by atoms with Crippen LogP contribution >= 0.6 is 0 Å². The molecular weight excluding hydrogens is 296 g/mol. The van der Waals surface area contributed by atoms with Gasteiger partial charge in [0.15, 0.2) is 5.96 Å². The van der Waals surface area contributed by atoms with E-state index in [1.54, 1.807) is 0 Å². The van der Waals surface area contributed by atoms with Crippen LogP contribution in [-0.2, 0) is 6.54 Å². The molecule has 0 aromatic heterocycles. The fourth-order valence-electron chi connectivity index (χ4n) is 3.94. The van der Waals surface area contributed by atoms with Gasteiger partial charge in [-0.3, -0.25) is 0 Å². The highest BCUT2D eigenvalue weighted by Crippen LogP contribution is 2.24. The van der Waals surface area contributed by atoms with E-state index in [4.69, 9.17) is 5.73 Å². The number of nitrogens with zero attached hydrogens (tertiary/aromatic N) is 2. The average Bonchev–Trinajstić information content (AvgIpc) is 2.90. The molecule has 0 bridgehead atoms. The number of anilines is 1. The van der Waals surface area contributed by atoms with Crippen LogP contribution in [0.5, 0.6) is 0 Å². The second-order valence-corrected chi connectivity index (χ2v) is 7.21. The van der Waals surface area contributed by atoms with Gasteiger partial charge in [0.1, 0.15) is 0 Å². The molecule has 0 unspecified atom stereocenters. The molecular formula is C20H32N4. The van der Waals surface area contributed by atoms with Crippen LogP contribution in [0.4, 0.5) is 5.69 Å². The first kappa shape index (κ1) is 17.1. The number of rotatable bonds is 4. The van der Waals surface area contributed by atoms with Gasteiger partial charge in [-0.2, -0.15) is 0 Å². The van der Waals surface area contributed by atoms with Crippen LogP contribution in [0.3, 0.4) is 0 Å². The van der Waals surface area contributed by atoms with E-state index in [0.29, 0.717) is 18.5 Å². The Hall–Kier alpha value is -1.71. The SMILES string of the molecule is NC(=NCc1ccccc1N1CCCCC1)NC1CCCCCC1. The van der Waals surface area contributed by atoms with E-state index in [1.165, 1.54) is 69.0 Å². The minimum absolute atomic E-state index is 0.508. The van der Waals surface area contributed by atoms with Crippen LogP contribution in [0.2, 0.25) is 0 Å². The summed E-state index contributed by atoms with van der Waals surface area (Å²) in [6, 6.07) is 9.16. The standard InChI is InChI=1S/C20H32N4/c21-20(23-18-11-4-1-2-5-12-18)22-16-17-10-6-7-13-19(17)24-14-8-3-9-15-24/h6-7,10,13,18H,1-5,8-9,11-12,14-16H2,(H3,21,22,23). The second kappa shape index (κ2) is 8.95. The lowest BCUT2D eigenvalue weighted by atomic mass is 10.1. The van der Waals surface area contributed by atoms with Gasteiger partial charge in [-0.05, 0) is 43.7 Å². The molecule has 1 heterocycles. The molecule has 1 aromatic carbocycles. The zero-order valence-corrected chi connectivity index (χ0v) is 14.8. The van der Waals surface area contributed by atoms with Gasteiger partial charge in [0, 0.05) is 24.8 Å². The summed E-state index contributed by atoms with van der Waals surface area (Å²) in [4.78, 5) is 7.13. The van der Waals surface area contributed by atoms with E-state index in [2.05, 4.69) is 39.5 Å². The first-order chi connectivity index (χ1) is 11.8. The van der Waals surface area contributed by atoms with Crippen molar-refractivity contribution in [1.82, 2.24) is 5.32 Å². The van der Waals surface area contributed by atoms with Crippen LogP contribution in [0, 0.1) is 0 Å². The van der Waals surface area contributed by atoms with Crippen LogP contribution in [0.25, 0.3) is 0 Å². The van der Waals surface area contributed by atoms with Crippen molar-refractivity contribution < 1.29 is 0 Å². The molecule has 2 aliphatic rings. The summed E-state index contributed by atoms with van der Waals surface area (Å²) < 4.78 is 0. The Balaban J connectivity index is 1.60. The predicted octanol–water partition coefficient (Wildman–Crippen LogP) is 3.80. The quantitative estimate of drug-likeness (QED) is 0.502. The summed E-state index contributed by atoms with van der Waals surface area (Å²) in [7, 11) is 0. The molecule has 24 heavy (non-hydrogen) atoms. The number of guanidine groups is 1. The number of piperidine rings is 1. The fraction of sp³-hybridized carbons (Fsp3) is 0.650. The van der Waals surface area contributed by atoms with Gasteiger partial charge >= 0.3 is 0 Å². The molecule has 132 valence electrons. The lowest BCUT2D eigenvalue weighted by Crippen LogP contribution is -2.39. The number of hydrogen-bond donors (Lipinski definition) is 2. The molecule has 3 N–H and O–H groups in total. The molecule has 2 fully saturated rings. The summed E-state index contributed by atoms with van der Waals surface area (Å²) in [5.41, 5.74) is 8.78. The normalized spacial score (nSPS) is 20.7. The Morgan fingerprint density at radius 3 is 2.42 bits per heavy atom. The molecule has 1 aliphatic carbocycles. The second-order valence-electron chi connectivity index (χ2n) is 7.21. The maximum absolute atomic E-state index is 6.16. The third-order valence-corrected chi connectivity index (χ3v) is 5.32. The van der Waals surface area contributed by atoms with Crippen molar-refractivity contribution in [2.45, 2.75) is 70.4 Å². The van der Waals surface area contributed by atoms with E-state index in [1.807, 2.05) is 0 Å². The van der Waals surface area contributed by atoms with Crippen molar-refractivity contribution in [3.8, 4) is 0 Å². The Kier molecular flexibility index (Phi) is 6.39. The van der Waals surface area contributed by atoms with E-state index in [-0.39, 0.29) is 0 Å². The number of hydrogen-bond acceptors (Lipinski definition) is 2. The zero-order valence-electron chi connectivity index (χ0n) is 14.8. The van der Waals surface area contributed by atoms with Gasteiger partial charge in [-0.1, -0.05) is 43.9 Å². The minimum Gasteiger partial charge on any atom is -0.371 e. The Morgan fingerprint density at radius 1 is 1.00 bits per heavy atom. The maximum atomic E-state index is 6.16. The third-order valence-electron chi connectivity index (χ3n) is 5.32. The third kappa shape index (κ3) is 4.89. The smallest absolute Gasteiger partial charge is 0.189 e. The highest BCUT2D eigenvalue weighted by atomic mass is 15.1. The molecule has 0 spiro atoms. The summed E-state index contributed by atoms with van der Waals surface area (Å²) >= 11 is 0. The average molecular weight is 329 g/mol. The summed E-state index contributed by atoms with van der Waals surface area (Å²) in [6.07, 6.45) is 11.7. The number of aliphatic imine (C=N–C) groups is 1. The van der Waals surface area contributed by atoms with Crippen LogP contribution in [0.15, 0.2) is 29.3 Å². The highest BCUT2D eigenvalue weighted by molar-refractivity contribution is 5.78. The van der Waals surface area contributed by atoms with Crippen molar-refractivity contribution >= 4 is 11.6 Å². The molecule has 1 aliphatic heterocycles. The monoisotopic (exact) mass is 328 g/mol. The summed E-state index contributed by atoms with van der Waals surface area (Å²) in [5.74, 6) is 0.607. The first-order valence-electron chi connectivity index (χ1n) is 9.72. The Labute approximate surface area is 146 Å². The molecule has 4 heteroatoms. The van der Waals surface area contributed by atoms with Gasteiger partial charge in [-0.25, -0.2) is 4.99 Å². The molecule has 1 aromatic rings. The predicted molar refractivity (Wildman–Crippen MR) is 102 cm³/mol. The van der Waals surface area contributed by atoms with Crippen molar-refractivity contribution in [1.29, 1.82) is 0 Å². The van der Waals surface area contributed by atoms with Crippen molar-refractivity contribution in [3.63, 3.8) is 0 Å². The lowest BCUT2D eigenvalue weighted by Gasteiger charge is -2.30. The van der Waals surface area contributed by atoms with Gasteiger partial charge in [0.05, 0.1) is 6.54 Å². The number of benzene rings is 1. The largest absolute Gasteiger partial charge is 0.371 e. The number of nitrogens with two attached hydrogens (primary N) is 1. The molecule has 4 nitrogen and oxygen atoms in total. The van der Waals surface area contributed by atoms with Crippen LogP contribution in [0.1, 0.15) is 63.4 Å². The first-order valence-corrected chi connectivity index (χ1v) is 9.72. The van der Waals surface area contributed by atoms with Gasteiger partial charge in [-0.15, -0.1) is 0 Å². The minimum atomic E-state index is 0.508. The highest BCUT2D eigenvalue weighted by Gasteiger charge is 2.15. The maximum Gasteiger partial charge on any atom is 0.189 e. The zero-order chi connectivity index (χ0) is 16.6. The molecule has 1 saturated carbocycles. The molecule has 0 radical (unpaired) electrons. The summed E-state index contributed by atoms with van der Waals surface area (Å²) in [6.45, 7) is 2.99. The lowest BCUT2D eigenvalue weighted by molar-refractivity contribution is 0.530. The molecule has 1 saturated heterocycles. The van der Waals surface area contributed by atoms with Crippen LogP contribution < -0.4 is 16.0 Å². The number of para-hydroxylation sites is 1. The Morgan fingerprint density at radius 2 is 1.67 bits per heavy atom. The van der Waals surface area contributed by atoms with E-state index in [0.717, 1.165) is 13.1 Å². The van der Waals surface area contributed by atoms with Crippen molar-refractivity contribution in [2.75, 3.05) is 18.0 Å². The topological polar surface area (TPSA) is 53.6 Å². The van der Waals surface area contributed by atoms with Crippen molar-refractivity contribution in [2.24, 2.45) is 10.7 Å². The van der Waals surface area contributed by atoms with Gasteiger partial charge in [0.2, 0.25) is 0 Å². The molecule has 0 atom stereocenters. The Bertz CT molecular complexity index is 526.